The fourth-order valence-electron chi connectivity index (χ4n) is 2.04. The maximum absolute atomic E-state index is 10.3. The molecule has 0 fully saturated rings. The number of hydrogen-bond donors (Lipinski definition) is 1. The molecule has 2 nitrogen and oxygen atoms in total. The van der Waals surface area contributed by atoms with Gasteiger partial charge in [-0.2, -0.15) is 0 Å². The Labute approximate surface area is 148 Å². The maximum atomic E-state index is 10.3. The average molecular weight is 331 g/mol. The van der Waals surface area contributed by atoms with Crippen molar-refractivity contribution < 1.29 is 9.90 Å². The van der Waals surface area contributed by atoms with Gasteiger partial charge in [-0.15, -0.1) is 0 Å². The lowest BCUT2D eigenvalue weighted by Gasteiger charge is -1.90. The van der Waals surface area contributed by atoms with Gasteiger partial charge < -0.3 is 5.11 Å². The van der Waals surface area contributed by atoms with Crippen LogP contribution in [0.3, 0.4) is 0 Å². The van der Waals surface area contributed by atoms with E-state index in [9.17, 15) is 4.79 Å². The third-order valence-electron chi connectivity index (χ3n) is 3.42. The van der Waals surface area contributed by atoms with Gasteiger partial charge in [0.2, 0.25) is 0 Å². The van der Waals surface area contributed by atoms with Gasteiger partial charge in [-0.05, 0) is 44.9 Å². The minimum absolute atomic E-state index is 0.213. The van der Waals surface area contributed by atoms with Crippen molar-refractivity contribution in [3.63, 3.8) is 0 Å². The van der Waals surface area contributed by atoms with E-state index >= 15 is 0 Å². The van der Waals surface area contributed by atoms with Crippen molar-refractivity contribution in [3.8, 4) is 0 Å². The van der Waals surface area contributed by atoms with Crippen LogP contribution in [0.2, 0.25) is 0 Å². The lowest BCUT2D eigenvalue weighted by Crippen LogP contribution is -1.91. The van der Waals surface area contributed by atoms with Gasteiger partial charge in [0.15, 0.2) is 0 Å². The minimum atomic E-state index is -0.739. The summed E-state index contributed by atoms with van der Waals surface area (Å²) >= 11 is 0. The molecule has 134 valence electrons. The van der Waals surface area contributed by atoms with E-state index in [0.29, 0.717) is 6.42 Å². The molecule has 0 atom stereocenters. The highest BCUT2D eigenvalue weighted by Gasteiger charge is 1.90. The predicted molar refractivity (Wildman–Crippen MR) is 105 cm³/mol. The van der Waals surface area contributed by atoms with Crippen molar-refractivity contribution in [2.45, 2.75) is 71.1 Å². The Morgan fingerprint density at radius 1 is 0.667 bits per heavy atom. The largest absolute Gasteiger partial charge is 0.481 e. The molecular weight excluding hydrogens is 296 g/mol. The molecule has 0 heterocycles. The smallest absolute Gasteiger partial charge is 0.303 e. The van der Waals surface area contributed by atoms with E-state index in [1.54, 1.807) is 0 Å². The van der Waals surface area contributed by atoms with Crippen LogP contribution in [0.1, 0.15) is 71.1 Å². The highest BCUT2D eigenvalue weighted by Crippen LogP contribution is 2.01. The Hall–Kier alpha value is -1.83. The van der Waals surface area contributed by atoms with Crippen LogP contribution in [-0.2, 0) is 4.79 Å². The molecule has 0 aliphatic heterocycles. The molecule has 0 aromatic carbocycles. The zero-order chi connectivity index (χ0) is 17.7. The van der Waals surface area contributed by atoms with Crippen molar-refractivity contribution in [3.05, 3.63) is 60.8 Å². The Morgan fingerprint density at radius 2 is 1.08 bits per heavy atom. The lowest BCUT2D eigenvalue weighted by atomic mass is 10.2. The summed E-state index contributed by atoms with van der Waals surface area (Å²) in [5.41, 5.74) is 0. The van der Waals surface area contributed by atoms with Crippen molar-refractivity contribution >= 4 is 5.97 Å². The molecule has 0 saturated carbocycles. The third kappa shape index (κ3) is 20.2. The van der Waals surface area contributed by atoms with Crippen LogP contribution in [0.15, 0.2) is 60.8 Å². The first-order valence-electron chi connectivity index (χ1n) is 9.24. The number of aliphatic carboxylic acids is 1. The Kier molecular flexibility index (Phi) is 17.8. The molecule has 0 aliphatic rings. The van der Waals surface area contributed by atoms with Gasteiger partial charge in [0.05, 0.1) is 0 Å². The summed E-state index contributed by atoms with van der Waals surface area (Å²) < 4.78 is 0. The van der Waals surface area contributed by atoms with Crippen molar-refractivity contribution in [1.82, 2.24) is 0 Å². The molecule has 0 bridgehead atoms. The van der Waals surface area contributed by atoms with Gasteiger partial charge in [-0.1, -0.05) is 80.5 Å². The van der Waals surface area contributed by atoms with Crippen LogP contribution >= 0.6 is 0 Å². The van der Waals surface area contributed by atoms with Crippen LogP contribution in [0, 0.1) is 0 Å². The fourth-order valence-corrected chi connectivity index (χ4v) is 2.04. The molecule has 0 rings (SSSR count). The van der Waals surface area contributed by atoms with Gasteiger partial charge in [0.1, 0.15) is 0 Å². The van der Waals surface area contributed by atoms with Gasteiger partial charge in [-0.25, -0.2) is 0 Å². The number of unbranched alkanes of at least 4 members (excludes halogenated alkanes) is 3. The topological polar surface area (TPSA) is 37.3 Å². The molecule has 0 amide bonds. The molecule has 0 spiro atoms. The van der Waals surface area contributed by atoms with Crippen LogP contribution in [0.5, 0.6) is 0 Å². The molecule has 2 heteroatoms. The Balaban J connectivity index is 3.46. The van der Waals surface area contributed by atoms with Gasteiger partial charge >= 0.3 is 5.97 Å². The number of rotatable bonds is 15. The highest BCUT2D eigenvalue weighted by atomic mass is 16.4. The van der Waals surface area contributed by atoms with E-state index in [-0.39, 0.29) is 6.42 Å². The standard InChI is InChI=1S/C22H34O2/c1-2-3-4-5-6-7-8-9-10-11-12-13-14-15-16-17-18-19-20-21-22(23)24/h6-7,9-10,12-13,15-16,18-19H,2-5,8,11,14,17,20-21H2,1H3,(H,23,24)/b7-6-,10-9+,13-12+,16-15-,19-18+. The summed E-state index contributed by atoms with van der Waals surface area (Å²) in [5, 5.41) is 8.49. The summed E-state index contributed by atoms with van der Waals surface area (Å²) in [7, 11) is 0. The summed E-state index contributed by atoms with van der Waals surface area (Å²) in [6.07, 6.45) is 31.4. The first-order valence-corrected chi connectivity index (χ1v) is 9.24. The number of carbonyl (C=O) groups is 1. The first kappa shape index (κ1) is 22.2. The van der Waals surface area contributed by atoms with E-state index in [0.717, 1.165) is 25.7 Å². The van der Waals surface area contributed by atoms with Crippen LogP contribution in [0.4, 0.5) is 0 Å². The maximum Gasteiger partial charge on any atom is 0.303 e. The molecule has 0 radical (unpaired) electrons. The second kappa shape index (κ2) is 19.2. The van der Waals surface area contributed by atoms with Crippen LogP contribution in [0.25, 0.3) is 0 Å². The molecule has 1 N–H and O–H groups in total. The highest BCUT2D eigenvalue weighted by molar-refractivity contribution is 5.66. The fraction of sp³-hybridized carbons (Fsp3) is 0.500. The molecule has 0 aliphatic carbocycles. The number of allylic oxidation sites excluding steroid dienone is 10. The van der Waals surface area contributed by atoms with E-state index in [4.69, 9.17) is 5.11 Å². The molecule has 0 saturated heterocycles. The number of hydrogen-bond acceptors (Lipinski definition) is 1. The Morgan fingerprint density at radius 3 is 1.50 bits per heavy atom. The van der Waals surface area contributed by atoms with Gasteiger partial charge in [-0.3, -0.25) is 4.79 Å². The van der Waals surface area contributed by atoms with Gasteiger partial charge in [0.25, 0.3) is 0 Å². The second-order valence-electron chi connectivity index (χ2n) is 5.73. The minimum Gasteiger partial charge on any atom is -0.481 e. The zero-order valence-electron chi connectivity index (χ0n) is 15.2. The van der Waals surface area contributed by atoms with E-state index < -0.39 is 5.97 Å². The van der Waals surface area contributed by atoms with Crippen molar-refractivity contribution in [1.29, 1.82) is 0 Å². The molecule has 0 aromatic heterocycles. The van der Waals surface area contributed by atoms with Crippen molar-refractivity contribution in [2.24, 2.45) is 0 Å². The summed E-state index contributed by atoms with van der Waals surface area (Å²) in [4.78, 5) is 10.3. The van der Waals surface area contributed by atoms with E-state index in [1.165, 1.54) is 25.7 Å². The Bertz CT molecular complexity index is 425. The molecule has 0 unspecified atom stereocenters. The molecule has 24 heavy (non-hydrogen) atoms. The summed E-state index contributed by atoms with van der Waals surface area (Å²) in [5.74, 6) is -0.739. The van der Waals surface area contributed by atoms with Gasteiger partial charge in [0, 0.05) is 6.42 Å². The SMILES string of the molecule is CCCCC/C=C\C/C=C/C/C=C/C/C=C\C/C=C/CCC(=O)O. The van der Waals surface area contributed by atoms with E-state index in [1.807, 2.05) is 12.2 Å². The van der Waals surface area contributed by atoms with Crippen LogP contribution < -0.4 is 0 Å². The molecule has 0 aromatic rings. The van der Waals surface area contributed by atoms with Crippen molar-refractivity contribution in [2.75, 3.05) is 0 Å². The number of carboxylic acids is 1. The zero-order valence-corrected chi connectivity index (χ0v) is 15.2. The molecular formula is C22H34O2. The normalized spacial score (nSPS) is 12.7. The van der Waals surface area contributed by atoms with E-state index in [2.05, 4.69) is 55.5 Å². The number of carboxylic acid groups (broad SMARTS) is 1. The first-order chi connectivity index (χ1) is 11.8. The average Bonchev–Trinajstić information content (AvgIpc) is 2.56. The predicted octanol–water partition coefficient (Wildman–Crippen LogP) is 6.77. The third-order valence-corrected chi connectivity index (χ3v) is 3.42. The monoisotopic (exact) mass is 330 g/mol. The summed E-state index contributed by atoms with van der Waals surface area (Å²) in [6, 6.07) is 0. The summed E-state index contributed by atoms with van der Waals surface area (Å²) in [6.45, 7) is 2.23. The second-order valence-corrected chi connectivity index (χ2v) is 5.73. The quantitative estimate of drug-likeness (QED) is 0.265. The van der Waals surface area contributed by atoms with Crippen LogP contribution in [-0.4, -0.2) is 11.1 Å². The lowest BCUT2D eigenvalue weighted by molar-refractivity contribution is -0.136.